The normalized spacial score (nSPS) is 10.5. The second-order valence-electron chi connectivity index (χ2n) is 2.62. The number of allylic oxidation sites excluding steroid dienone is 1. The van der Waals surface area contributed by atoms with Crippen LogP contribution >= 0.6 is 0 Å². The molecule has 0 saturated heterocycles. The number of benzene rings is 1. The molecule has 0 atom stereocenters. The van der Waals surface area contributed by atoms with Crippen LogP contribution in [0.1, 0.15) is 5.56 Å². The zero-order valence-corrected chi connectivity index (χ0v) is 7.89. The molecule has 0 bridgehead atoms. The van der Waals surface area contributed by atoms with E-state index in [1.807, 2.05) is 42.5 Å². The third-order valence-electron chi connectivity index (χ3n) is 1.56. The summed E-state index contributed by atoms with van der Waals surface area (Å²) < 4.78 is 5.09. The molecule has 0 fully saturated rings. The highest BCUT2D eigenvalue weighted by atomic mass is 16.5. The van der Waals surface area contributed by atoms with Gasteiger partial charge in [-0.25, -0.2) is 0 Å². The van der Waals surface area contributed by atoms with Crippen molar-refractivity contribution < 1.29 is 4.74 Å². The molecular weight excluding hydrogens is 172 g/mol. The van der Waals surface area contributed by atoms with E-state index in [1.54, 1.807) is 0 Å². The van der Waals surface area contributed by atoms with Gasteiger partial charge in [0.2, 0.25) is 0 Å². The van der Waals surface area contributed by atoms with Crippen molar-refractivity contribution in [2.45, 2.75) is 0 Å². The summed E-state index contributed by atoms with van der Waals surface area (Å²) in [5.41, 5.74) is 1.16. The van der Waals surface area contributed by atoms with E-state index in [1.165, 1.54) is 12.3 Å². The standard InChI is InChI=1S/C13H12O/c1-2-3-11-14-12-7-10-13-8-5-4-6-9-13/h1,3-11H,12H2. The van der Waals surface area contributed by atoms with Crippen LogP contribution in [0.3, 0.4) is 0 Å². The Kier molecular flexibility index (Phi) is 4.75. The molecule has 70 valence electrons. The Bertz CT molecular complexity index is 341. The Morgan fingerprint density at radius 2 is 2.07 bits per heavy atom. The Labute approximate surface area is 84.7 Å². The quantitative estimate of drug-likeness (QED) is 0.397. The molecule has 0 unspecified atom stereocenters. The van der Waals surface area contributed by atoms with Crippen molar-refractivity contribution in [3.05, 3.63) is 54.3 Å². The summed E-state index contributed by atoms with van der Waals surface area (Å²) in [7, 11) is 0. The number of hydrogen-bond donors (Lipinski definition) is 0. The highest BCUT2D eigenvalue weighted by Gasteiger charge is 1.81. The first kappa shape index (κ1) is 10.1. The predicted octanol–water partition coefficient (Wildman–Crippen LogP) is 2.86. The summed E-state index contributed by atoms with van der Waals surface area (Å²) >= 11 is 0. The summed E-state index contributed by atoms with van der Waals surface area (Å²) in [4.78, 5) is 0. The van der Waals surface area contributed by atoms with Gasteiger partial charge in [-0.2, -0.15) is 0 Å². The van der Waals surface area contributed by atoms with Crippen LogP contribution in [0.4, 0.5) is 0 Å². The molecular formula is C13H12O. The number of hydrogen-bond acceptors (Lipinski definition) is 1. The molecule has 1 aromatic rings. The molecule has 0 aliphatic carbocycles. The Hall–Kier alpha value is -1.94. The van der Waals surface area contributed by atoms with E-state index < -0.39 is 0 Å². The number of terminal acetylenes is 1. The maximum atomic E-state index is 5.09. The zero-order chi connectivity index (χ0) is 10.1. The average molecular weight is 184 g/mol. The molecule has 0 aliphatic rings. The minimum absolute atomic E-state index is 0.535. The van der Waals surface area contributed by atoms with Crippen LogP contribution in [-0.2, 0) is 4.74 Å². The van der Waals surface area contributed by atoms with Crippen LogP contribution in [0.25, 0.3) is 6.08 Å². The minimum Gasteiger partial charge on any atom is -0.496 e. The van der Waals surface area contributed by atoms with Crippen LogP contribution in [0.15, 0.2) is 48.7 Å². The first-order valence-corrected chi connectivity index (χ1v) is 4.38. The molecule has 1 nitrogen and oxygen atoms in total. The highest BCUT2D eigenvalue weighted by Crippen LogP contribution is 2.00. The lowest BCUT2D eigenvalue weighted by Gasteiger charge is -1.93. The van der Waals surface area contributed by atoms with Gasteiger partial charge in [-0.3, -0.25) is 0 Å². The van der Waals surface area contributed by atoms with Gasteiger partial charge < -0.3 is 4.74 Å². The minimum atomic E-state index is 0.535. The Balaban J connectivity index is 2.29. The topological polar surface area (TPSA) is 9.23 Å². The molecule has 0 spiro atoms. The maximum absolute atomic E-state index is 5.09. The third-order valence-corrected chi connectivity index (χ3v) is 1.56. The van der Waals surface area contributed by atoms with Crippen molar-refractivity contribution in [2.24, 2.45) is 0 Å². The molecule has 0 amide bonds. The molecule has 0 aliphatic heterocycles. The van der Waals surface area contributed by atoms with Gasteiger partial charge in [-0.15, -0.1) is 6.42 Å². The predicted molar refractivity (Wildman–Crippen MR) is 59.4 cm³/mol. The summed E-state index contributed by atoms with van der Waals surface area (Å²) in [6, 6.07) is 10.1. The van der Waals surface area contributed by atoms with Gasteiger partial charge in [0, 0.05) is 6.08 Å². The van der Waals surface area contributed by atoms with E-state index in [0.29, 0.717) is 6.61 Å². The lowest BCUT2D eigenvalue weighted by atomic mass is 10.2. The molecule has 0 N–H and O–H groups in total. The second kappa shape index (κ2) is 6.56. The summed E-state index contributed by atoms with van der Waals surface area (Å²) in [5.74, 6) is 2.35. The van der Waals surface area contributed by atoms with Gasteiger partial charge in [0.05, 0.1) is 6.26 Å². The Morgan fingerprint density at radius 1 is 1.29 bits per heavy atom. The van der Waals surface area contributed by atoms with Crippen molar-refractivity contribution in [2.75, 3.05) is 6.61 Å². The van der Waals surface area contributed by atoms with Crippen LogP contribution in [0.5, 0.6) is 0 Å². The fraction of sp³-hybridized carbons (Fsp3) is 0.0769. The van der Waals surface area contributed by atoms with E-state index in [0.717, 1.165) is 5.56 Å². The largest absolute Gasteiger partial charge is 0.496 e. The molecule has 0 aromatic heterocycles. The SMILES string of the molecule is C#CC=COCC=Cc1ccccc1. The second-order valence-corrected chi connectivity index (χ2v) is 2.62. The Morgan fingerprint density at radius 3 is 2.79 bits per heavy atom. The molecule has 0 saturated carbocycles. The molecule has 1 heteroatoms. The van der Waals surface area contributed by atoms with E-state index in [-0.39, 0.29) is 0 Å². The lowest BCUT2D eigenvalue weighted by molar-refractivity contribution is 0.290. The first-order valence-electron chi connectivity index (χ1n) is 4.38. The zero-order valence-electron chi connectivity index (χ0n) is 7.89. The van der Waals surface area contributed by atoms with Crippen LogP contribution in [0.2, 0.25) is 0 Å². The lowest BCUT2D eigenvalue weighted by Crippen LogP contribution is -1.79. The van der Waals surface area contributed by atoms with Crippen molar-refractivity contribution in [1.29, 1.82) is 0 Å². The molecule has 0 heterocycles. The van der Waals surface area contributed by atoms with Gasteiger partial charge >= 0.3 is 0 Å². The number of ether oxygens (including phenoxy) is 1. The van der Waals surface area contributed by atoms with Crippen molar-refractivity contribution in [1.82, 2.24) is 0 Å². The van der Waals surface area contributed by atoms with Gasteiger partial charge in [0.25, 0.3) is 0 Å². The molecule has 1 aromatic carbocycles. The number of rotatable bonds is 4. The first-order chi connectivity index (χ1) is 6.93. The van der Waals surface area contributed by atoms with Crippen molar-refractivity contribution in [3.63, 3.8) is 0 Å². The fourth-order valence-electron chi connectivity index (χ4n) is 0.947. The van der Waals surface area contributed by atoms with E-state index >= 15 is 0 Å². The monoisotopic (exact) mass is 184 g/mol. The van der Waals surface area contributed by atoms with Gasteiger partial charge in [-0.1, -0.05) is 42.3 Å². The van der Waals surface area contributed by atoms with Crippen molar-refractivity contribution >= 4 is 6.08 Å². The van der Waals surface area contributed by atoms with E-state index in [4.69, 9.17) is 11.2 Å². The van der Waals surface area contributed by atoms with Gasteiger partial charge in [0.15, 0.2) is 0 Å². The van der Waals surface area contributed by atoms with Crippen molar-refractivity contribution in [3.8, 4) is 12.3 Å². The third kappa shape index (κ3) is 4.18. The average Bonchev–Trinajstić information content (AvgIpc) is 2.25. The molecule has 0 radical (unpaired) electrons. The van der Waals surface area contributed by atoms with Crippen LogP contribution < -0.4 is 0 Å². The van der Waals surface area contributed by atoms with Crippen LogP contribution in [-0.4, -0.2) is 6.61 Å². The van der Waals surface area contributed by atoms with Crippen LogP contribution in [0, 0.1) is 12.3 Å². The summed E-state index contributed by atoms with van der Waals surface area (Å²) in [5, 5.41) is 0. The molecule has 14 heavy (non-hydrogen) atoms. The molecule has 1 rings (SSSR count). The highest BCUT2D eigenvalue weighted by molar-refractivity contribution is 5.48. The summed E-state index contributed by atoms with van der Waals surface area (Å²) in [6.07, 6.45) is 12.0. The maximum Gasteiger partial charge on any atom is 0.106 e. The van der Waals surface area contributed by atoms with E-state index in [2.05, 4.69) is 5.92 Å². The fourth-order valence-corrected chi connectivity index (χ4v) is 0.947. The van der Waals surface area contributed by atoms with Gasteiger partial charge in [0.1, 0.15) is 6.61 Å². The van der Waals surface area contributed by atoms with E-state index in [9.17, 15) is 0 Å². The smallest absolute Gasteiger partial charge is 0.106 e. The summed E-state index contributed by atoms with van der Waals surface area (Å²) in [6.45, 7) is 0.535. The van der Waals surface area contributed by atoms with Gasteiger partial charge in [-0.05, 0) is 11.6 Å².